The fourth-order valence-corrected chi connectivity index (χ4v) is 5.54. The van der Waals surface area contributed by atoms with Gasteiger partial charge in [0.2, 0.25) is 0 Å². The fourth-order valence-electron chi connectivity index (χ4n) is 3.57. The van der Waals surface area contributed by atoms with E-state index in [-0.39, 0.29) is 12.5 Å². The van der Waals surface area contributed by atoms with Crippen molar-refractivity contribution in [1.29, 1.82) is 0 Å². The van der Waals surface area contributed by atoms with Crippen LogP contribution in [0.1, 0.15) is 5.56 Å². The molecule has 0 saturated heterocycles. The number of benzene rings is 3. The van der Waals surface area contributed by atoms with E-state index in [4.69, 9.17) is 4.74 Å². The lowest BCUT2D eigenvalue weighted by molar-refractivity contribution is -0.118. The van der Waals surface area contributed by atoms with Crippen molar-refractivity contribution < 1.29 is 9.53 Å². The Morgan fingerprint density at radius 1 is 0.971 bits per heavy atom. The molecule has 1 amide bonds. The first-order valence-corrected chi connectivity index (χ1v) is 12.4. The van der Waals surface area contributed by atoms with Crippen LogP contribution < -0.4 is 10.1 Å². The molecule has 0 aliphatic carbocycles. The standard InChI is InChI=1S/C27H21N3O2S2/c1-18-9-5-7-13-22(18)32-15-24(31)30-21-12-6-8-14-23(21)34-27-25-20(19-10-3-2-4-11-19)16-33-26(25)28-17-29-27/h2-14,16-17H,15H2,1H3,(H,30,31). The number of hydrogen-bond donors (Lipinski definition) is 1. The number of aromatic nitrogens is 2. The number of rotatable bonds is 7. The zero-order valence-electron chi connectivity index (χ0n) is 18.4. The Morgan fingerprint density at radius 3 is 2.59 bits per heavy atom. The second-order valence-electron chi connectivity index (χ2n) is 7.57. The largest absolute Gasteiger partial charge is 0.483 e. The van der Waals surface area contributed by atoms with Gasteiger partial charge in [-0.2, -0.15) is 0 Å². The Morgan fingerprint density at radius 2 is 1.74 bits per heavy atom. The molecule has 0 bridgehead atoms. The summed E-state index contributed by atoms with van der Waals surface area (Å²) < 4.78 is 5.70. The van der Waals surface area contributed by atoms with E-state index >= 15 is 0 Å². The minimum absolute atomic E-state index is 0.0652. The second kappa shape index (κ2) is 10.1. The molecule has 1 N–H and O–H groups in total. The molecule has 0 aliphatic heterocycles. The van der Waals surface area contributed by atoms with Crippen LogP contribution in [-0.4, -0.2) is 22.5 Å². The quantitative estimate of drug-likeness (QED) is 0.257. The maximum absolute atomic E-state index is 12.6. The zero-order chi connectivity index (χ0) is 23.3. The first-order chi connectivity index (χ1) is 16.7. The smallest absolute Gasteiger partial charge is 0.262 e. The van der Waals surface area contributed by atoms with Gasteiger partial charge in [-0.3, -0.25) is 4.79 Å². The number of anilines is 1. The molecule has 0 atom stereocenters. The first-order valence-electron chi connectivity index (χ1n) is 10.7. The van der Waals surface area contributed by atoms with Gasteiger partial charge in [-0.1, -0.05) is 72.4 Å². The van der Waals surface area contributed by atoms with Crippen LogP contribution in [0.4, 0.5) is 5.69 Å². The number of nitrogens with one attached hydrogen (secondary N) is 1. The van der Waals surface area contributed by atoms with Crippen LogP contribution >= 0.6 is 23.1 Å². The summed E-state index contributed by atoms with van der Waals surface area (Å²) in [5, 5.41) is 6.97. The van der Waals surface area contributed by atoms with E-state index < -0.39 is 0 Å². The Hall–Kier alpha value is -3.68. The maximum atomic E-state index is 12.6. The predicted octanol–water partition coefficient (Wildman–Crippen LogP) is 6.84. The predicted molar refractivity (Wildman–Crippen MR) is 139 cm³/mol. The van der Waals surface area contributed by atoms with E-state index in [2.05, 4.69) is 32.8 Å². The number of para-hydroxylation sites is 2. The molecule has 0 aliphatic rings. The lowest BCUT2D eigenvalue weighted by Gasteiger charge is -2.12. The minimum Gasteiger partial charge on any atom is -0.483 e. The topological polar surface area (TPSA) is 64.1 Å². The molecule has 5 rings (SSSR count). The molecule has 2 aromatic heterocycles. The lowest BCUT2D eigenvalue weighted by Crippen LogP contribution is -2.20. The molecule has 34 heavy (non-hydrogen) atoms. The molecular weight excluding hydrogens is 462 g/mol. The number of carbonyl (C=O) groups is 1. The summed E-state index contributed by atoms with van der Waals surface area (Å²) in [5.41, 5.74) is 3.94. The highest BCUT2D eigenvalue weighted by atomic mass is 32.2. The van der Waals surface area contributed by atoms with E-state index in [9.17, 15) is 4.79 Å². The average molecular weight is 484 g/mol. The van der Waals surface area contributed by atoms with Crippen molar-refractivity contribution in [3.63, 3.8) is 0 Å². The fraction of sp³-hybridized carbons (Fsp3) is 0.0741. The van der Waals surface area contributed by atoms with Gasteiger partial charge in [0, 0.05) is 15.8 Å². The van der Waals surface area contributed by atoms with Gasteiger partial charge in [0.05, 0.1) is 11.1 Å². The number of ether oxygens (including phenoxy) is 1. The molecule has 0 saturated carbocycles. The van der Waals surface area contributed by atoms with Gasteiger partial charge in [-0.25, -0.2) is 9.97 Å². The number of fused-ring (bicyclic) bond motifs is 1. The van der Waals surface area contributed by atoms with Gasteiger partial charge in [0.25, 0.3) is 5.91 Å². The van der Waals surface area contributed by atoms with E-state index in [1.54, 1.807) is 17.7 Å². The zero-order valence-corrected chi connectivity index (χ0v) is 20.0. The number of amides is 1. The number of carbonyl (C=O) groups excluding carboxylic acids is 1. The van der Waals surface area contributed by atoms with Crippen molar-refractivity contribution in [2.75, 3.05) is 11.9 Å². The van der Waals surface area contributed by atoms with Crippen molar-refractivity contribution >= 4 is 44.9 Å². The molecule has 7 heteroatoms. The number of nitrogens with zero attached hydrogens (tertiary/aromatic N) is 2. The van der Waals surface area contributed by atoms with Crippen LogP contribution in [0.2, 0.25) is 0 Å². The molecule has 0 unspecified atom stereocenters. The van der Waals surface area contributed by atoms with E-state index in [0.717, 1.165) is 36.8 Å². The molecule has 2 heterocycles. The molecule has 3 aromatic carbocycles. The van der Waals surface area contributed by atoms with Crippen molar-refractivity contribution in [3.8, 4) is 16.9 Å². The monoisotopic (exact) mass is 483 g/mol. The Kier molecular flexibility index (Phi) is 6.56. The van der Waals surface area contributed by atoms with Crippen LogP contribution in [0.15, 0.2) is 100 Å². The third kappa shape index (κ3) is 4.81. The van der Waals surface area contributed by atoms with Crippen molar-refractivity contribution in [3.05, 3.63) is 96.1 Å². The summed E-state index contributed by atoms with van der Waals surface area (Å²) in [6, 6.07) is 25.6. The second-order valence-corrected chi connectivity index (χ2v) is 9.46. The summed E-state index contributed by atoms with van der Waals surface area (Å²) in [6.45, 7) is 1.89. The summed E-state index contributed by atoms with van der Waals surface area (Å²) in [6.07, 6.45) is 1.59. The number of aryl methyl sites for hydroxylation is 1. The van der Waals surface area contributed by atoms with Crippen LogP contribution in [0.25, 0.3) is 21.3 Å². The van der Waals surface area contributed by atoms with Crippen LogP contribution in [0, 0.1) is 6.92 Å². The van der Waals surface area contributed by atoms with Gasteiger partial charge < -0.3 is 10.1 Å². The van der Waals surface area contributed by atoms with Crippen molar-refractivity contribution in [2.45, 2.75) is 16.8 Å². The molecule has 0 radical (unpaired) electrons. The highest BCUT2D eigenvalue weighted by Crippen LogP contribution is 2.41. The van der Waals surface area contributed by atoms with E-state index in [1.807, 2.05) is 73.7 Å². The molecule has 5 aromatic rings. The SMILES string of the molecule is Cc1ccccc1OCC(=O)Nc1ccccc1Sc1ncnc2scc(-c3ccccc3)c12. The third-order valence-electron chi connectivity index (χ3n) is 5.24. The third-order valence-corrected chi connectivity index (χ3v) is 7.21. The minimum atomic E-state index is -0.218. The number of thiophene rings is 1. The average Bonchev–Trinajstić information content (AvgIpc) is 3.31. The first kappa shape index (κ1) is 22.1. The van der Waals surface area contributed by atoms with Gasteiger partial charge >= 0.3 is 0 Å². The molecule has 0 fully saturated rings. The van der Waals surface area contributed by atoms with E-state index in [1.165, 1.54) is 11.8 Å². The van der Waals surface area contributed by atoms with Gasteiger partial charge in [0.15, 0.2) is 6.61 Å². The highest BCUT2D eigenvalue weighted by Gasteiger charge is 2.16. The highest BCUT2D eigenvalue weighted by molar-refractivity contribution is 7.99. The van der Waals surface area contributed by atoms with Gasteiger partial charge in [-0.05, 0) is 36.2 Å². The van der Waals surface area contributed by atoms with Crippen molar-refractivity contribution in [2.24, 2.45) is 0 Å². The molecule has 168 valence electrons. The Bertz CT molecular complexity index is 1450. The van der Waals surface area contributed by atoms with Gasteiger partial charge in [-0.15, -0.1) is 11.3 Å². The number of hydrogen-bond acceptors (Lipinski definition) is 6. The molecule has 0 spiro atoms. The lowest BCUT2D eigenvalue weighted by atomic mass is 10.1. The van der Waals surface area contributed by atoms with Gasteiger partial charge in [0.1, 0.15) is 21.9 Å². The summed E-state index contributed by atoms with van der Waals surface area (Å²) >= 11 is 3.12. The maximum Gasteiger partial charge on any atom is 0.262 e. The molecule has 5 nitrogen and oxygen atoms in total. The summed E-state index contributed by atoms with van der Waals surface area (Å²) in [5.74, 6) is 0.485. The van der Waals surface area contributed by atoms with E-state index in [0.29, 0.717) is 11.4 Å². The van der Waals surface area contributed by atoms with Crippen LogP contribution in [0.5, 0.6) is 5.75 Å². The van der Waals surface area contributed by atoms with Crippen LogP contribution in [-0.2, 0) is 4.79 Å². The summed E-state index contributed by atoms with van der Waals surface area (Å²) in [4.78, 5) is 23.5. The van der Waals surface area contributed by atoms with Crippen LogP contribution in [0.3, 0.4) is 0 Å². The summed E-state index contributed by atoms with van der Waals surface area (Å²) in [7, 11) is 0. The Labute approximate surface area is 205 Å². The Balaban J connectivity index is 1.39. The molecular formula is C27H21N3O2S2. The normalized spacial score (nSPS) is 10.9. The van der Waals surface area contributed by atoms with Crippen molar-refractivity contribution in [1.82, 2.24) is 9.97 Å².